The molecule has 2 N–H and O–H groups in total. The van der Waals surface area contributed by atoms with E-state index in [1.807, 2.05) is 31.2 Å². The van der Waals surface area contributed by atoms with Crippen LogP contribution in [-0.4, -0.2) is 42.9 Å². The van der Waals surface area contributed by atoms with Gasteiger partial charge in [-0.05, 0) is 55.5 Å². The van der Waals surface area contributed by atoms with Crippen molar-refractivity contribution in [1.29, 1.82) is 0 Å². The molecule has 3 aromatic carbocycles. The zero-order valence-corrected chi connectivity index (χ0v) is 19.8. The van der Waals surface area contributed by atoms with Crippen LogP contribution < -0.4 is 10.6 Å². The summed E-state index contributed by atoms with van der Waals surface area (Å²) in [5.74, 6) is -1.21. The van der Waals surface area contributed by atoms with Crippen molar-refractivity contribution in [3.05, 3.63) is 109 Å². The summed E-state index contributed by atoms with van der Waals surface area (Å²) < 4.78 is 16.5. The minimum Gasteiger partial charge on any atom is -0.343 e. The molecule has 2 amide bonds. The summed E-state index contributed by atoms with van der Waals surface area (Å²) in [6.45, 7) is 1.73. The number of rotatable bonds is 7. The highest BCUT2D eigenvalue weighted by atomic mass is 19.1. The molecule has 5 aromatic rings. The lowest BCUT2D eigenvalue weighted by atomic mass is 10.1. The Hall–Kier alpha value is -5.12. The number of amides is 2. The molecule has 0 atom stereocenters. The predicted molar refractivity (Wildman–Crippen MR) is 136 cm³/mol. The Morgan fingerprint density at radius 3 is 2.24 bits per heavy atom. The second kappa shape index (κ2) is 10.2. The SMILES string of the molecule is Cc1ccc(-c2nn(-c3ccc(F)cc3)cc2C(=O)NCC(=O)Nc2ccc(-n3cncn3)cc2)cc1. The van der Waals surface area contributed by atoms with E-state index < -0.39 is 5.91 Å². The van der Waals surface area contributed by atoms with Crippen LogP contribution in [0.25, 0.3) is 22.6 Å². The van der Waals surface area contributed by atoms with E-state index in [0.29, 0.717) is 17.1 Å². The number of aryl methyl sites for hydroxylation is 1. The van der Waals surface area contributed by atoms with E-state index in [0.717, 1.165) is 16.8 Å². The molecule has 0 radical (unpaired) electrons. The fourth-order valence-electron chi connectivity index (χ4n) is 3.69. The van der Waals surface area contributed by atoms with Crippen LogP contribution in [-0.2, 0) is 4.79 Å². The number of hydrogen-bond acceptors (Lipinski definition) is 5. The maximum atomic E-state index is 13.4. The summed E-state index contributed by atoms with van der Waals surface area (Å²) in [5.41, 5.74) is 4.52. The Morgan fingerprint density at radius 1 is 0.892 bits per heavy atom. The second-order valence-corrected chi connectivity index (χ2v) is 8.30. The lowest BCUT2D eigenvalue weighted by Gasteiger charge is -2.08. The van der Waals surface area contributed by atoms with Crippen LogP contribution in [0.5, 0.6) is 0 Å². The van der Waals surface area contributed by atoms with Crippen LogP contribution in [0.15, 0.2) is 91.6 Å². The number of aromatic nitrogens is 5. The van der Waals surface area contributed by atoms with Gasteiger partial charge in [0, 0.05) is 17.4 Å². The van der Waals surface area contributed by atoms with Gasteiger partial charge in [0.1, 0.15) is 24.2 Å². The van der Waals surface area contributed by atoms with Gasteiger partial charge in [-0.25, -0.2) is 18.7 Å². The van der Waals surface area contributed by atoms with Gasteiger partial charge < -0.3 is 10.6 Å². The van der Waals surface area contributed by atoms with E-state index in [2.05, 4.69) is 25.8 Å². The first-order valence-electron chi connectivity index (χ1n) is 11.4. The maximum absolute atomic E-state index is 13.4. The summed E-state index contributed by atoms with van der Waals surface area (Å²) >= 11 is 0. The Morgan fingerprint density at radius 2 is 1.57 bits per heavy atom. The van der Waals surface area contributed by atoms with Gasteiger partial charge in [-0.15, -0.1) is 0 Å². The molecule has 184 valence electrons. The predicted octanol–water partition coefficient (Wildman–Crippen LogP) is 3.94. The first-order valence-corrected chi connectivity index (χ1v) is 11.4. The van der Waals surface area contributed by atoms with Crippen molar-refractivity contribution >= 4 is 17.5 Å². The molecule has 0 saturated heterocycles. The molecular weight excluding hydrogens is 473 g/mol. The number of hydrogen-bond donors (Lipinski definition) is 2. The van der Waals surface area contributed by atoms with Gasteiger partial charge in [-0.2, -0.15) is 10.2 Å². The Balaban J connectivity index is 1.30. The molecule has 5 rings (SSSR count). The summed E-state index contributed by atoms with van der Waals surface area (Å²) in [4.78, 5) is 29.5. The first kappa shape index (κ1) is 23.6. The van der Waals surface area contributed by atoms with Crippen LogP contribution in [0, 0.1) is 12.7 Å². The monoisotopic (exact) mass is 495 g/mol. The highest BCUT2D eigenvalue weighted by molar-refractivity contribution is 6.02. The topological polar surface area (TPSA) is 107 Å². The summed E-state index contributed by atoms with van der Waals surface area (Å²) in [7, 11) is 0. The van der Waals surface area contributed by atoms with Crippen molar-refractivity contribution in [2.24, 2.45) is 0 Å². The molecule has 0 bridgehead atoms. The number of halogens is 1. The van der Waals surface area contributed by atoms with Crippen molar-refractivity contribution < 1.29 is 14.0 Å². The molecule has 2 aromatic heterocycles. The number of carbonyl (C=O) groups excluding carboxylic acids is 2. The Labute approximate surface area is 211 Å². The number of carbonyl (C=O) groups is 2. The normalized spacial score (nSPS) is 10.8. The summed E-state index contributed by atoms with van der Waals surface area (Å²) in [6.07, 6.45) is 4.58. The average molecular weight is 496 g/mol. The van der Waals surface area contributed by atoms with Crippen LogP contribution >= 0.6 is 0 Å². The van der Waals surface area contributed by atoms with Gasteiger partial charge in [0.05, 0.1) is 23.5 Å². The van der Waals surface area contributed by atoms with Gasteiger partial charge in [-0.1, -0.05) is 29.8 Å². The summed E-state index contributed by atoms with van der Waals surface area (Å²) in [5, 5.41) is 14.1. The quantitative estimate of drug-likeness (QED) is 0.356. The minimum absolute atomic E-state index is 0.237. The third kappa shape index (κ3) is 5.43. The molecule has 0 unspecified atom stereocenters. The number of anilines is 1. The zero-order valence-electron chi connectivity index (χ0n) is 19.8. The van der Waals surface area contributed by atoms with Crippen LogP contribution in [0.4, 0.5) is 10.1 Å². The molecule has 9 nitrogen and oxygen atoms in total. The van der Waals surface area contributed by atoms with Crippen LogP contribution in [0.1, 0.15) is 15.9 Å². The molecule has 0 aliphatic carbocycles. The van der Waals surface area contributed by atoms with E-state index in [-0.39, 0.29) is 23.8 Å². The molecule has 0 fully saturated rings. The molecule has 37 heavy (non-hydrogen) atoms. The van der Waals surface area contributed by atoms with Gasteiger partial charge >= 0.3 is 0 Å². The molecule has 0 spiro atoms. The first-order chi connectivity index (χ1) is 18.0. The zero-order chi connectivity index (χ0) is 25.8. The molecule has 2 heterocycles. The highest BCUT2D eigenvalue weighted by Gasteiger charge is 2.19. The van der Waals surface area contributed by atoms with Crippen molar-refractivity contribution in [2.75, 3.05) is 11.9 Å². The molecule has 10 heteroatoms. The molecular formula is C27H22FN7O2. The fraction of sp³-hybridized carbons (Fsp3) is 0.0741. The van der Waals surface area contributed by atoms with Crippen LogP contribution in [0.3, 0.4) is 0 Å². The van der Waals surface area contributed by atoms with E-state index >= 15 is 0 Å². The van der Waals surface area contributed by atoms with Gasteiger partial charge in [-0.3, -0.25) is 9.59 Å². The van der Waals surface area contributed by atoms with E-state index in [1.165, 1.54) is 23.1 Å². The summed E-state index contributed by atoms with van der Waals surface area (Å²) in [6, 6.07) is 20.5. The van der Waals surface area contributed by atoms with Crippen molar-refractivity contribution in [3.8, 4) is 22.6 Å². The van der Waals surface area contributed by atoms with E-state index in [1.54, 1.807) is 53.6 Å². The van der Waals surface area contributed by atoms with E-state index in [4.69, 9.17) is 0 Å². The minimum atomic E-state index is -0.458. The van der Waals surface area contributed by atoms with Gasteiger partial charge in [0.25, 0.3) is 5.91 Å². The van der Waals surface area contributed by atoms with Crippen molar-refractivity contribution in [2.45, 2.75) is 6.92 Å². The number of nitrogens with zero attached hydrogens (tertiary/aromatic N) is 5. The average Bonchev–Trinajstić information content (AvgIpc) is 3.60. The lowest BCUT2D eigenvalue weighted by Crippen LogP contribution is -2.33. The third-order valence-corrected chi connectivity index (χ3v) is 5.62. The highest BCUT2D eigenvalue weighted by Crippen LogP contribution is 2.24. The lowest BCUT2D eigenvalue weighted by molar-refractivity contribution is -0.115. The molecule has 0 saturated carbocycles. The Bertz CT molecular complexity index is 1530. The van der Waals surface area contributed by atoms with Crippen LogP contribution in [0.2, 0.25) is 0 Å². The standard InChI is InChI=1S/C27H22FN7O2/c1-18-2-4-19(5-3-18)26-24(15-34(33-26)22-10-6-20(28)7-11-22)27(37)30-14-25(36)32-21-8-12-23(13-9-21)35-17-29-16-31-35/h2-13,15-17H,14H2,1H3,(H,30,37)(H,32,36). The number of benzene rings is 3. The van der Waals surface area contributed by atoms with Crippen molar-refractivity contribution in [1.82, 2.24) is 29.9 Å². The Kier molecular flexibility index (Phi) is 6.54. The number of nitrogens with one attached hydrogen (secondary N) is 2. The van der Waals surface area contributed by atoms with Gasteiger partial charge in [0.15, 0.2) is 0 Å². The molecule has 0 aliphatic heterocycles. The molecule has 0 aliphatic rings. The second-order valence-electron chi connectivity index (χ2n) is 8.30. The smallest absolute Gasteiger partial charge is 0.255 e. The van der Waals surface area contributed by atoms with Crippen molar-refractivity contribution in [3.63, 3.8) is 0 Å². The van der Waals surface area contributed by atoms with E-state index in [9.17, 15) is 14.0 Å². The maximum Gasteiger partial charge on any atom is 0.255 e. The third-order valence-electron chi connectivity index (χ3n) is 5.62. The fourth-order valence-corrected chi connectivity index (χ4v) is 3.69. The largest absolute Gasteiger partial charge is 0.343 e. The van der Waals surface area contributed by atoms with Gasteiger partial charge in [0.2, 0.25) is 5.91 Å².